The molecular formula is C33H47N3O5. The van der Waals surface area contributed by atoms with Crippen molar-refractivity contribution in [3.8, 4) is 11.5 Å². The maximum Gasteiger partial charge on any atom is 0.308 e. The molecule has 224 valence electrons. The standard InChI is InChI=1S/C33H47N3O5/c1-5-6-18-35(19-9-17-34(2)3)31(37)23-36-22-27(25-13-15-30-26(21-25)16-20-41-30)32(33(38)39)28(36)14-12-24-10-7-8-11-29(24)40-4/h7-8,10-11,13,15,21,27-28,32H,5-6,9,12,14,16-20,22-23H2,1-4H3,(H,38,39). The van der Waals surface area contributed by atoms with Gasteiger partial charge in [-0.3, -0.25) is 14.5 Å². The Morgan fingerprint density at radius 1 is 1.10 bits per heavy atom. The summed E-state index contributed by atoms with van der Waals surface area (Å²) in [6.45, 7) is 5.95. The maximum atomic E-state index is 13.8. The summed E-state index contributed by atoms with van der Waals surface area (Å²) in [5.74, 6) is 0.166. The van der Waals surface area contributed by atoms with Crippen LogP contribution in [0.4, 0.5) is 0 Å². The molecule has 0 saturated carbocycles. The van der Waals surface area contributed by atoms with Gasteiger partial charge in [0.15, 0.2) is 0 Å². The fourth-order valence-electron chi connectivity index (χ4n) is 6.40. The van der Waals surface area contributed by atoms with E-state index in [0.717, 1.165) is 67.0 Å². The van der Waals surface area contributed by atoms with Crippen LogP contribution in [0.15, 0.2) is 42.5 Å². The van der Waals surface area contributed by atoms with E-state index in [1.165, 1.54) is 0 Å². The highest BCUT2D eigenvalue weighted by Gasteiger charge is 2.47. The number of aryl methyl sites for hydroxylation is 1. The van der Waals surface area contributed by atoms with E-state index in [9.17, 15) is 14.7 Å². The summed E-state index contributed by atoms with van der Waals surface area (Å²) >= 11 is 0. The van der Waals surface area contributed by atoms with Gasteiger partial charge >= 0.3 is 5.97 Å². The third kappa shape index (κ3) is 7.80. The minimum absolute atomic E-state index is 0.0895. The van der Waals surface area contributed by atoms with Gasteiger partial charge in [0.1, 0.15) is 11.5 Å². The summed E-state index contributed by atoms with van der Waals surface area (Å²) in [7, 11) is 5.76. The van der Waals surface area contributed by atoms with Crippen molar-refractivity contribution in [2.45, 2.75) is 57.4 Å². The number of nitrogens with zero attached hydrogens (tertiary/aromatic N) is 3. The molecule has 41 heavy (non-hydrogen) atoms. The monoisotopic (exact) mass is 565 g/mol. The van der Waals surface area contributed by atoms with Crippen LogP contribution in [0, 0.1) is 5.92 Å². The Hall–Kier alpha value is -3.10. The van der Waals surface area contributed by atoms with Crippen molar-refractivity contribution < 1.29 is 24.2 Å². The zero-order chi connectivity index (χ0) is 29.4. The lowest BCUT2D eigenvalue weighted by atomic mass is 9.83. The van der Waals surface area contributed by atoms with Gasteiger partial charge in [0.25, 0.3) is 0 Å². The Morgan fingerprint density at radius 2 is 1.88 bits per heavy atom. The molecule has 0 spiro atoms. The number of aliphatic carboxylic acids is 1. The van der Waals surface area contributed by atoms with Gasteiger partial charge < -0.3 is 24.4 Å². The smallest absolute Gasteiger partial charge is 0.308 e. The second kappa shape index (κ2) is 14.7. The minimum Gasteiger partial charge on any atom is -0.496 e. The number of carbonyl (C=O) groups is 2. The average Bonchev–Trinajstić information content (AvgIpc) is 3.57. The first kappa shape index (κ1) is 30.8. The Balaban J connectivity index is 1.59. The van der Waals surface area contributed by atoms with Crippen molar-refractivity contribution in [3.05, 3.63) is 59.2 Å². The number of likely N-dealkylation sites (tertiary alicyclic amines) is 1. The predicted octanol–water partition coefficient (Wildman–Crippen LogP) is 4.31. The van der Waals surface area contributed by atoms with Gasteiger partial charge in [-0.2, -0.15) is 0 Å². The number of fused-ring (bicyclic) bond motifs is 1. The second-order valence-electron chi connectivity index (χ2n) is 11.7. The van der Waals surface area contributed by atoms with E-state index in [1.807, 2.05) is 55.4 Å². The number of hydrogen-bond acceptors (Lipinski definition) is 6. The van der Waals surface area contributed by atoms with Crippen LogP contribution in [0.3, 0.4) is 0 Å². The van der Waals surface area contributed by atoms with Crippen molar-refractivity contribution in [1.29, 1.82) is 0 Å². The highest BCUT2D eigenvalue weighted by molar-refractivity contribution is 5.79. The van der Waals surface area contributed by atoms with Crippen LogP contribution in [0.25, 0.3) is 0 Å². The van der Waals surface area contributed by atoms with Crippen molar-refractivity contribution in [1.82, 2.24) is 14.7 Å². The fraction of sp³-hybridized carbons (Fsp3) is 0.576. The van der Waals surface area contributed by atoms with E-state index >= 15 is 0 Å². The average molecular weight is 566 g/mol. The van der Waals surface area contributed by atoms with E-state index in [-0.39, 0.29) is 24.4 Å². The van der Waals surface area contributed by atoms with E-state index < -0.39 is 11.9 Å². The molecular weight excluding hydrogens is 518 g/mol. The fourth-order valence-corrected chi connectivity index (χ4v) is 6.40. The van der Waals surface area contributed by atoms with Crippen molar-refractivity contribution in [3.63, 3.8) is 0 Å². The Bertz CT molecular complexity index is 1170. The zero-order valence-electron chi connectivity index (χ0n) is 25.2. The van der Waals surface area contributed by atoms with Gasteiger partial charge in [-0.15, -0.1) is 0 Å². The first-order chi connectivity index (χ1) is 19.8. The highest BCUT2D eigenvalue weighted by Crippen LogP contribution is 2.41. The third-order valence-corrected chi connectivity index (χ3v) is 8.58. The number of carboxylic acid groups (broad SMARTS) is 1. The number of rotatable bonds is 15. The summed E-state index contributed by atoms with van der Waals surface area (Å²) in [5, 5.41) is 10.6. The Kier molecular flexibility index (Phi) is 11.1. The molecule has 2 aliphatic heterocycles. The van der Waals surface area contributed by atoms with Gasteiger partial charge in [0, 0.05) is 38.0 Å². The lowest BCUT2D eigenvalue weighted by Crippen LogP contribution is -2.45. The molecule has 4 rings (SSSR count). The molecule has 2 aliphatic rings. The topological polar surface area (TPSA) is 82.5 Å². The largest absolute Gasteiger partial charge is 0.496 e. The number of methoxy groups -OCH3 is 1. The van der Waals surface area contributed by atoms with Crippen LogP contribution >= 0.6 is 0 Å². The number of carbonyl (C=O) groups excluding carboxylic acids is 1. The molecule has 2 heterocycles. The van der Waals surface area contributed by atoms with Gasteiger partial charge in [-0.05, 0) is 75.1 Å². The first-order valence-corrected chi connectivity index (χ1v) is 15.1. The quantitative estimate of drug-likeness (QED) is 0.345. The lowest BCUT2D eigenvalue weighted by molar-refractivity contribution is -0.143. The molecule has 2 aromatic carbocycles. The molecule has 3 atom stereocenters. The van der Waals surface area contributed by atoms with Crippen LogP contribution < -0.4 is 9.47 Å². The van der Waals surface area contributed by atoms with E-state index in [1.54, 1.807) is 7.11 Å². The van der Waals surface area contributed by atoms with Crippen LogP contribution in [0.1, 0.15) is 55.2 Å². The molecule has 0 aromatic heterocycles. The maximum absolute atomic E-state index is 13.8. The molecule has 8 nitrogen and oxygen atoms in total. The van der Waals surface area contributed by atoms with Crippen LogP contribution in [-0.4, -0.2) is 98.3 Å². The van der Waals surface area contributed by atoms with Crippen molar-refractivity contribution >= 4 is 11.9 Å². The number of amides is 1. The van der Waals surface area contributed by atoms with Gasteiger partial charge in [0.05, 0.1) is 26.2 Å². The number of benzene rings is 2. The Morgan fingerprint density at radius 3 is 2.61 bits per heavy atom. The van der Waals surface area contributed by atoms with Gasteiger partial charge in [-0.1, -0.05) is 43.7 Å². The number of ether oxygens (including phenoxy) is 2. The SMILES string of the molecule is CCCCN(CCCN(C)C)C(=O)CN1CC(c2ccc3c(c2)CCO3)C(C(=O)O)C1CCc1ccccc1OC. The van der Waals surface area contributed by atoms with Crippen molar-refractivity contribution in [2.75, 3.05) is 60.5 Å². The predicted molar refractivity (Wildman–Crippen MR) is 161 cm³/mol. The number of carboxylic acids is 1. The van der Waals surface area contributed by atoms with E-state index in [2.05, 4.69) is 22.8 Å². The van der Waals surface area contributed by atoms with E-state index in [0.29, 0.717) is 32.5 Å². The van der Waals surface area contributed by atoms with Crippen LogP contribution in [0.5, 0.6) is 11.5 Å². The number of unbranched alkanes of at least 4 members (excludes halogenated alkanes) is 1. The van der Waals surface area contributed by atoms with Crippen LogP contribution in [0.2, 0.25) is 0 Å². The molecule has 2 aromatic rings. The molecule has 1 amide bonds. The highest BCUT2D eigenvalue weighted by atomic mass is 16.5. The molecule has 1 saturated heterocycles. The molecule has 0 bridgehead atoms. The molecule has 1 N–H and O–H groups in total. The van der Waals surface area contributed by atoms with Crippen LogP contribution in [-0.2, 0) is 22.4 Å². The second-order valence-corrected chi connectivity index (χ2v) is 11.7. The number of para-hydroxylation sites is 1. The van der Waals surface area contributed by atoms with Gasteiger partial charge in [-0.25, -0.2) is 0 Å². The lowest BCUT2D eigenvalue weighted by Gasteiger charge is -2.30. The third-order valence-electron chi connectivity index (χ3n) is 8.58. The molecule has 3 unspecified atom stereocenters. The van der Waals surface area contributed by atoms with E-state index in [4.69, 9.17) is 9.47 Å². The summed E-state index contributed by atoms with van der Waals surface area (Å²) in [6, 6.07) is 13.7. The van der Waals surface area contributed by atoms with Crippen molar-refractivity contribution in [2.24, 2.45) is 5.92 Å². The summed E-state index contributed by atoms with van der Waals surface area (Å²) in [4.78, 5) is 32.9. The molecule has 0 aliphatic carbocycles. The summed E-state index contributed by atoms with van der Waals surface area (Å²) < 4.78 is 11.3. The normalized spacial score (nSPS) is 20.2. The minimum atomic E-state index is -0.805. The number of hydrogen-bond donors (Lipinski definition) is 1. The molecule has 0 radical (unpaired) electrons. The Labute approximate surface area is 245 Å². The summed E-state index contributed by atoms with van der Waals surface area (Å²) in [6.07, 6.45) is 5.04. The van der Waals surface area contributed by atoms with Gasteiger partial charge in [0.2, 0.25) is 5.91 Å². The first-order valence-electron chi connectivity index (χ1n) is 15.1. The molecule has 1 fully saturated rings. The summed E-state index contributed by atoms with van der Waals surface area (Å²) in [5.41, 5.74) is 3.21. The molecule has 8 heteroatoms. The zero-order valence-corrected chi connectivity index (χ0v) is 25.2.